The highest BCUT2D eigenvalue weighted by atomic mass is 35.5. The topological polar surface area (TPSA) is 64.1 Å². The highest BCUT2D eigenvalue weighted by Gasteiger charge is 2.46. The first-order valence-corrected chi connectivity index (χ1v) is 16.1. The molecule has 2 aliphatic heterocycles. The van der Waals surface area contributed by atoms with Crippen LogP contribution in [0.2, 0.25) is 5.02 Å². The molecule has 0 bridgehead atoms. The molecule has 3 aromatic carbocycles. The average Bonchev–Trinajstić information content (AvgIpc) is 3.82. The Bertz CT molecular complexity index is 1370. The first kappa shape index (κ1) is 32.0. The van der Waals surface area contributed by atoms with E-state index >= 15 is 0 Å². The minimum absolute atomic E-state index is 0.273. The van der Waals surface area contributed by atoms with Crippen LogP contribution < -0.4 is 0 Å². The third kappa shape index (κ3) is 7.99. The Morgan fingerprint density at radius 1 is 0.909 bits per heavy atom. The Kier molecular flexibility index (Phi) is 10.6. The van der Waals surface area contributed by atoms with Crippen LogP contribution in [0.3, 0.4) is 0 Å². The molecule has 2 saturated heterocycles. The first-order valence-electron chi connectivity index (χ1n) is 15.8. The third-order valence-corrected chi connectivity index (χ3v) is 9.71. The zero-order valence-corrected chi connectivity index (χ0v) is 26.3. The van der Waals surface area contributed by atoms with Gasteiger partial charge in [0.1, 0.15) is 5.82 Å². The molecule has 6 nitrogen and oxygen atoms in total. The summed E-state index contributed by atoms with van der Waals surface area (Å²) in [7, 11) is 1.46. The molecule has 6 rings (SSSR count). The fourth-order valence-electron chi connectivity index (χ4n) is 6.73. The van der Waals surface area contributed by atoms with E-state index in [4.69, 9.17) is 16.7 Å². The summed E-state index contributed by atoms with van der Waals surface area (Å²) in [5.41, 5.74) is 3.07. The standard InChI is InChI=1S/C27H33ClN2O.C9H10FNO2/c28-24-11-9-21(10-12-24)25-19-22(25)20-29-17-13-27(14-18-29,23-7-3-1-4-8-23)26(31)30-15-5-2-6-16-30;1-11(9(12)13)6-7-2-4-8(10)5-3-7/h1,3-4,7-12,22,25H,2,5-6,13-20H2;2-5H,6H2,1H3,(H,12,13)/t22-,25+;/m0./s1. The first-order chi connectivity index (χ1) is 21.2. The number of nitrogens with zero attached hydrogens (tertiary/aromatic N) is 3. The number of piperidine rings is 2. The van der Waals surface area contributed by atoms with Crippen molar-refractivity contribution in [2.45, 2.75) is 56.4 Å². The van der Waals surface area contributed by atoms with Gasteiger partial charge in [-0.05, 0) is 104 Å². The van der Waals surface area contributed by atoms with Gasteiger partial charge in [-0.1, -0.05) is 66.2 Å². The lowest BCUT2D eigenvalue weighted by atomic mass is 9.71. The average molecular weight is 620 g/mol. The van der Waals surface area contributed by atoms with E-state index in [1.165, 1.54) is 43.1 Å². The van der Waals surface area contributed by atoms with E-state index in [0.717, 1.165) is 79.8 Å². The van der Waals surface area contributed by atoms with Crippen LogP contribution in [0.5, 0.6) is 0 Å². The second-order valence-electron chi connectivity index (χ2n) is 12.5. The van der Waals surface area contributed by atoms with Crippen LogP contribution in [0.25, 0.3) is 0 Å². The molecule has 8 heteroatoms. The number of carbonyl (C=O) groups excluding carboxylic acids is 1. The summed E-state index contributed by atoms with van der Waals surface area (Å²) < 4.78 is 12.5. The number of benzene rings is 3. The molecule has 2 atom stereocenters. The molecular formula is C36H43ClFN3O3. The van der Waals surface area contributed by atoms with Crippen molar-refractivity contribution < 1.29 is 19.1 Å². The van der Waals surface area contributed by atoms with E-state index < -0.39 is 6.09 Å². The molecule has 0 aromatic heterocycles. The molecule has 2 heterocycles. The third-order valence-electron chi connectivity index (χ3n) is 9.46. The summed E-state index contributed by atoms with van der Waals surface area (Å²) in [6.07, 6.45) is 5.70. The van der Waals surface area contributed by atoms with E-state index in [-0.39, 0.29) is 17.8 Å². The number of amides is 2. The summed E-state index contributed by atoms with van der Waals surface area (Å²) in [5, 5.41) is 9.36. The van der Waals surface area contributed by atoms with E-state index in [1.807, 2.05) is 12.1 Å². The monoisotopic (exact) mass is 619 g/mol. The number of hydrogen-bond donors (Lipinski definition) is 1. The fourth-order valence-corrected chi connectivity index (χ4v) is 6.86. The smallest absolute Gasteiger partial charge is 0.407 e. The minimum atomic E-state index is -0.996. The maximum Gasteiger partial charge on any atom is 0.407 e. The number of halogens is 2. The van der Waals surface area contributed by atoms with Gasteiger partial charge in [-0.25, -0.2) is 9.18 Å². The fraction of sp³-hybridized carbons (Fsp3) is 0.444. The van der Waals surface area contributed by atoms with Gasteiger partial charge in [-0.3, -0.25) is 4.79 Å². The molecule has 2 amide bonds. The van der Waals surface area contributed by atoms with Crippen molar-refractivity contribution in [3.8, 4) is 0 Å². The molecule has 44 heavy (non-hydrogen) atoms. The summed E-state index contributed by atoms with van der Waals surface area (Å²) in [5.74, 6) is 1.47. The van der Waals surface area contributed by atoms with Crippen molar-refractivity contribution in [3.63, 3.8) is 0 Å². The molecule has 0 spiro atoms. The van der Waals surface area contributed by atoms with Gasteiger partial charge in [-0.2, -0.15) is 0 Å². The van der Waals surface area contributed by atoms with Crippen LogP contribution in [0, 0.1) is 11.7 Å². The predicted molar refractivity (Wildman–Crippen MR) is 172 cm³/mol. The zero-order chi connectivity index (χ0) is 31.1. The molecule has 1 saturated carbocycles. The highest BCUT2D eigenvalue weighted by Crippen LogP contribution is 2.49. The predicted octanol–water partition coefficient (Wildman–Crippen LogP) is 7.43. The second-order valence-corrected chi connectivity index (χ2v) is 13.0. The summed E-state index contributed by atoms with van der Waals surface area (Å²) in [6, 6.07) is 24.7. The number of carbonyl (C=O) groups is 2. The van der Waals surface area contributed by atoms with Crippen molar-refractivity contribution >= 4 is 23.6 Å². The lowest BCUT2D eigenvalue weighted by Gasteiger charge is -2.44. The number of hydrogen-bond acceptors (Lipinski definition) is 3. The lowest BCUT2D eigenvalue weighted by molar-refractivity contribution is -0.140. The van der Waals surface area contributed by atoms with Crippen LogP contribution in [0.15, 0.2) is 78.9 Å². The van der Waals surface area contributed by atoms with E-state index in [9.17, 15) is 14.0 Å². The van der Waals surface area contributed by atoms with Crippen LogP contribution >= 0.6 is 11.6 Å². The second kappa shape index (κ2) is 14.6. The molecule has 3 aliphatic rings. The molecule has 1 N–H and O–H groups in total. The number of rotatable bonds is 7. The molecule has 3 aromatic rings. The van der Waals surface area contributed by atoms with E-state index in [2.05, 4.69) is 52.3 Å². The Balaban J connectivity index is 0.000000249. The molecule has 234 valence electrons. The van der Waals surface area contributed by atoms with Crippen LogP contribution in [0.4, 0.5) is 9.18 Å². The summed E-state index contributed by atoms with van der Waals surface area (Å²) in [6.45, 7) is 5.31. The quantitative estimate of drug-likeness (QED) is 0.299. The SMILES string of the molecule is CN(Cc1ccc(F)cc1)C(=O)O.O=C(N1CCCCC1)C1(c2ccccc2)CCN(C[C@@H]2C[C@@H]2c2ccc(Cl)cc2)CC1. The van der Waals surface area contributed by atoms with Gasteiger partial charge >= 0.3 is 6.09 Å². The van der Waals surface area contributed by atoms with E-state index in [1.54, 1.807) is 12.1 Å². The molecule has 0 radical (unpaired) electrons. The van der Waals surface area contributed by atoms with Gasteiger partial charge in [0.25, 0.3) is 0 Å². The minimum Gasteiger partial charge on any atom is -0.465 e. The maximum atomic E-state index is 13.8. The van der Waals surface area contributed by atoms with Gasteiger partial charge in [0.2, 0.25) is 5.91 Å². The van der Waals surface area contributed by atoms with Crippen LogP contribution in [0.1, 0.15) is 61.1 Å². The normalized spacial score (nSPS) is 21.1. The number of likely N-dealkylation sites (tertiary alicyclic amines) is 2. The van der Waals surface area contributed by atoms with Crippen molar-refractivity contribution in [1.82, 2.24) is 14.7 Å². The van der Waals surface area contributed by atoms with Crippen molar-refractivity contribution in [2.24, 2.45) is 5.92 Å². The molecule has 3 fully saturated rings. The van der Waals surface area contributed by atoms with Gasteiger partial charge in [0.15, 0.2) is 0 Å². The van der Waals surface area contributed by atoms with Gasteiger partial charge in [0.05, 0.1) is 5.41 Å². The number of carboxylic acid groups (broad SMARTS) is 1. The summed E-state index contributed by atoms with van der Waals surface area (Å²) in [4.78, 5) is 30.1. The molecular weight excluding hydrogens is 577 g/mol. The van der Waals surface area contributed by atoms with Crippen LogP contribution in [-0.4, -0.2) is 71.6 Å². The van der Waals surface area contributed by atoms with Crippen LogP contribution in [-0.2, 0) is 16.8 Å². The molecule has 1 aliphatic carbocycles. The van der Waals surface area contributed by atoms with Crippen molar-refractivity contribution in [3.05, 3.63) is 106 Å². The van der Waals surface area contributed by atoms with Gasteiger partial charge in [-0.15, -0.1) is 0 Å². The maximum absolute atomic E-state index is 13.8. The van der Waals surface area contributed by atoms with Crippen molar-refractivity contribution in [2.75, 3.05) is 39.8 Å². The van der Waals surface area contributed by atoms with Gasteiger partial charge in [0, 0.05) is 38.2 Å². The van der Waals surface area contributed by atoms with Crippen molar-refractivity contribution in [1.29, 1.82) is 0 Å². The van der Waals surface area contributed by atoms with E-state index in [0.29, 0.717) is 11.8 Å². The Morgan fingerprint density at radius 2 is 1.55 bits per heavy atom. The largest absolute Gasteiger partial charge is 0.465 e. The highest BCUT2D eigenvalue weighted by molar-refractivity contribution is 6.30. The van der Waals surface area contributed by atoms with Gasteiger partial charge < -0.3 is 19.8 Å². The Morgan fingerprint density at radius 3 is 2.16 bits per heavy atom. The zero-order valence-electron chi connectivity index (χ0n) is 25.5. The Hall–Kier alpha value is -3.42. The Labute approximate surface area is 265 Å². The summed E-state index contributed by atoms with van der Waals surface area (Å²) >= 11 is 6.05. The lowest BCUT2D eigenvalue weighted by Crippen LogP contribution is -2.54. The molecule has 0 unspecified atom stereocenters.